The first-order valence-electron chi connectivity index (χ1n) is 16.2. The first kappa shape index (κ1) is 39.3. The number of carbonyl (C=O) groups is 2. The lowest BCUT2D eigenvalue weighted by molar-refractivity contribution is -0.140. The summed E-state index contributed by atoms with van der Waals surface area (Å²) < 4.78 is 46.3. The number of rotatable bonds is 15. The molecule has 2 amide bonds. The lowest BCUT2D eigenvalue weighted by Crippen LogP contribution is -2.56. The molecule has 4 aromatic rings. The first-order chi connectivity index (χ1) is 24.2. The van der Waals surface area contributed by atoms with E-state index < -0.39 is 40.0 Å². The van der Waals surface area contributed by atoms with Gasteiger partial charge in [-0.2, -0.15) is 0 Å². The van der Waals surface area contributed by atoms with E-state index in [9.17, 15) is 18.0 Å². The summed E-state index contributed by atoms with van der Waals surface area (Å²) in [6, 6.07) is 23.7. The van der Waals surface area contributed by atoms with Crippen LogP contribution in [0.15, 0.2) is 95.9 Å². The summed E-state index contributed by atoms with van der Waals surface area (Å²) >= 11 is 12.8. The van der Waals surface area contributed by atoms with Gasteiger partial charge in [0.2, 0.25) is 11.8 Å². The molecule has 272 valence electrons. The molecule has 0 heterocycles. The molecule has 0 unspecified atom stereocenters. The maximum absolute atomic E-state index is 14.8. The Hall–Kier alpha value is -4.45. The van der Waals surface area contributed by atoms with Crippen LogP contribution in [-0.4, -0.2) is 64.1 Å². The lowest BCUT2D eigenvalue weighted by Gasteiger charge is -2.35. The van der Waals surface area contributed by atoms with Crippen molar-refractivity contribution >= 4 is 50.7 Å². The number of nitrogens with zero attached hydrogens (tertiary/aromatic N) is 2. The van der Waals surface area contributed by atoms with Crippen molar-refractivity contribution in [1.82, 2.24) is 10.2 Å². The van der Waals surface area contributed by atoms with E-state index in [1.165, 1.54) is 37.3 Å². The predicted molar refractivity (Wildman–Crippen MR) is 201 cm³/mol. The summed E-state index contributed by atoms with van der Waals surface area (Å²) in [6.07, 6.45) is 0.144. The highest BCUT2D eigenvalue weighted by Gasteiger charge is 2.36. The van der Waals surface area contributed by atoms with Crippen molar-refractivity contribution < 1.29 is 32.2 Å². The van der Waals surface area contributed by atoms with Crippen LogP contribution in [0, 0.1) is 0 Å². The monoisotopic (exact) mass is 755 g/mol. The van der Waals surface area contributed by atoms with E-state index in [0.29, 0.717) is 28.7 Å². The van der Waals surface area contributed by atoms with Gasteiger partial charge in [-0.3, -0.25) is 13.9 Å². The fourth-order valence-electron chi connectivity index (χ4n) is 5.35. The third-order valence-corrected chi connectivity index (χ3v) is 10.1. The normalized spacial score (nSPS) is 12.1. The second kappa shape index (κ2) is 17.2. The van der Waals surface area contributed by atoms with Crippen LogP contribution >= 0.6 is 23.2 Å². The number of carbonyl (C=O) groups excluding carboxylic acids is 2. The van der Waals surface area contributed by atoms with E-state index in [0.717, 1.165) is 9.87 Å². The number of amides is 2. The van der Waals surface area contributed by atoms with Crippen molar-refractivity contribution in [3.63, 3.8) is 0 Å². The number of methoxy groups -OCH3 is 2. The van der Waals surface area contributed by atoms with Crippen molar-refractivity contribution in [3.05, 3.63) is 112 Å². The Morgan fingerprint density at radius 1 is 0.863 bits per heavy atom. The summed E-state index contributed by atoms with van der Waals surface area (Å²) in [5.74, 6) is -0.0157. The zero-order chi connectivity index (χ0) is 37.3. The molecule has 1 atom stereocenters. The van der Waals surface area contributed by atoms with Crippen molar-refractivity contribution in [2.75, 3.05) is 31.7 Å². The van der Waals surface area contributed by atoms with Crippen LogP contribution in [0.5, 0.6) is 17.2 Å². The lowest BCUT2D eigenvalue weighted by atomic mass is 10.0. The molecule has 51 heavy (non-hydrogen) atoms. The molecule has 10 nitrogen and oxygen atoms in total. The van der Waals surface area contributed by atoms with Gasteiger partial charge in [0.1, 0.15) is 18.3 Å². The molecule has 0 aliphatic rings. The van der Waals surface area contributed by atoms with Gasteiger partial charge in [0.15, 0.2) is 11.5 Å². The number of benzene rings is 4. The summed E-state index contributed by atoms with van der Waals surface area (Å²) in [6.45, 7) is 7.00. The third-order valence-electron chi connectivity index (χ3n) is 7.78. The molecular weight excluding hydrogens is 713 g/mol. The van der Waals surface area contributed by atoms with Crippen LogP contribution in [-0.2, 0) is 32.6 Å². The molecule has 4 aromatic carbocycles. The highest BCUT2D eigenvalue weighted by molar-refractivity contribution is 7.92. The second-order valence-electron chi connectivity index (χ2n) is 12.7. The van der Waals surface area contributed by atoms with Gasteiger partial charge in [0.25, 0.3) is 10.0 Å². The SMILES string of the molecule is CCOc1ccc(N(CC(=O)N(Cc2ccc(Cl)cc2Cl)[C@@H](Cc2ccccc2)C(=O)NC(C)(C)C)S(=O)(=O)c2ccc(OC)c(OC)c2)cc1. The molecule has 0 saturated heterocycles. The third kappa shape index (κ3) is 10.3. The fraction of sp³-hybridized carbons (Fsp3) is 0.316. The molecule has 13 heteroatoms. The van der Waals surface area contributed by atoms with Gasteiger partial charge in [0.05, 0.1) is 31.4 Å². The number of hydrogen-bond donors (Lipinski definition) is 1. The highest BCUT2D eigenvalue weighted by Crippen LogP contribution is 2.33. The van der Waals surface area contributed by atoms with Crippen LogP contribution in [0.25, 0.3) is 0 Å². The largest absolute Gasteiger partial charge is 0.494 e. The van der Waals surface area contributed by atoms with Crippen molar-refractivity contribution in [2.24, 2.45) is 0 Å². The highest BCUT2D eigenvalue weighted by atomic mass is 35.5. The van der Waals surface area contributed by atoms with Crippen LogP contribution in [0.3, 0.4) is 0 Å². The van der Waals surface area contributed by atoms with Crippen LogP contribution in [0.4, 0.5) is 5.69 Å². The molecule has 0 spiro atoms. The Morgan fingerprint density at radius 2 is 1.53 bits per heavy atom. The van der Waals surface area contributed by atoms with Crippen LogP contribution < -0.4 is 23.8 Å². The van der Waals surface area contributed by atoms with Gasteiger partial charge in [0, 0.05) is 34.6 Å². The van der Waals surface area contributed by atoms with Gasteiger partial charge < -0.3 is 24.4 Å². The molecule has 0 bridgehead atoms. The summed E-state index contributed by atoms with van der Waals surface area (Å²) in [4.78, 5) is 30.1. The zero-order valence-corrected chi connectivity index (χ0v) is 31.8. The topological polar surface area (TPSA) is 114 Å². The number of ether oxygens (including phenoxy) is 3. The van der Waals surface area contributed by atoms with Crippen molar-refractivity contribution in [3.8, 4) is 17.2 Å². The summed E-state index contributed by atoms with van der Waals surface area (Å²) in [7, 11) is -1.58. The van der Waals surface area contributed by atoms with E-state index in [4.69, 9.17) is 37.4 Å². The average Bonchev–Trinajstić information content (AvgIpc) is 3.09. The Kier molecular flexibility index (Phi) is 13.2. The molecule has 0 radical (unpaired) electrons. The minimum atomic E-state index is -4.42. The molecule has 4 rings (SSSR count). The molecule has 0 aliphatic heterocycles. The molecule has 0 aliphatic carbocycles. The van der Waals surface area contributed by atoms with Crippen LogP contribution in [0.1, 0.15) is 38.8 Å². The van der Waals surface area contributed by atoms with Crippen molar-refractivity contribution in [2.45, 2.75) is 57.1 Å². The average molecular weight is 757 g/mol. The predicted octanol–water partition coefficient (Wildman–Crippen LogP) is 7.16. The minimum Gasteiger partial charge on any atom is -0.494 e. The van der Waals surface area contributed by atoms with Crippen molar-refractivity contribution in [1.29, 1.82) is 0 Å². The maximum Gasteiger partial charge on any atom is 0.264 e. The molecule has 0 saturated carbocycles. The van der Waals surface area contributed by atoms with E-state index in [1.54, 1.807) is 42.5 Å². The van der Waals surface area contributed by atoms with E-state index in [1.807, 2.05) is 58.0 Å². The second-order valence-corrected chi connectivity index (χ2v) is 15.4. The van der Waals surface area contributed by atoms with Gasteiger partial charge in [-0.05, 0) is 87.4 Å². The Bertz CT molecular complexity index is 1920. The van der Waals surface area contributed by atoms with E-state index in [2.05, 4.69) is 5.32 Å². The number of halogens is 2. The van der Waals surface area contributed by atoms with Gasteiger partial charge >= 0.3 is 0 Å². The molecule has 1 N–H and O–H groups in total. The Morgan fingerprint density at radius 3 is 2.12 bits per heavy atom. The van der Waals surface area contributed by atoms with E-state index >= 15 is 0 Å². The Balaban J connectivity index is 1.87. The standard InChI is InChI=1S/C38H43Cl2N3O7S/c1-7-50-30-17-15-29(16-18-30)43(51(46,47)31-19-20-34(48-5)35(23-31)49-6)25-36(44)42(24-27-13-14-28(39)22-32(27)40)33(37(45)41-38(2,3)4)21-26-11-9-8-10-12-26/h8-20,22-23,33H,7,21,24-25H2,1-6H3,(H,41,45)/t33-/m0/s1. The van der Waals surface area contributed by atoms with Crippen LogP contribution in [0.2, 0.25) is 10.0 Å². The number of nitrogens with one attached hydrogen (secondary N) is 1. The minimum absolute atomic E-state index is 0.114. The summed E-state index contributed by atoms with van der Waals surface area (Å²) in [5, 5.41) is 3.70. The summed E-state index contributed by atoms with van der Waals surface area (Å²) in [5.41, 5.74) is 0.883. The maximum atomic E-state index is 14.8. The number of anilines is 1. The molecule has 0 fully saturated rings. The van der Waals surface area contributed by atoms with Gasteiger partial charge in [-0.15, -0.1) is 0 Å². The number of hydrogen-bond acceptors (Lipinski definition) is 7. The first-order valence-corrected chi connectivity index (χ1v) is 18.4. The quantitative estimate of drug-likeness (QED) is 0.137. The zero-order valence-electron chi connectivity index (χ0n) is 29.5. The molecule has 0 aromatic heterocycles. The van der Waals surface area contributed by atoms with Gasteiger partial charge in [-0.25, -0.2) is 8.42 Å². The number of sulfonamides is 1. The van der Waals surface area contributed by atoms with Gasteiger partial charge in [-0.1, -0.05) is 59.6 Å². The fourth-order valence-corrected chi connectivity index (χ4v) is 7.25. The Labute approximate surface area is 310 Å². The molecular formula is C38H43Cl2N3O7S. The smallest absolute Gasteiger partial charge is 0.264 e. The van der Waals surface area contributed by atoms with E-state index in [-0.39, 0.29) is 34.3 Å².